The van der Waals surface area contributed by atoms with Crippen molar-refractivity contribution in [2.24, 2.45) is 0 Å². The molecule has 5 rings (SSSR count). The number of aryl methyl sites for hydroxylation is 2. The Balaban J connectivity index is 1.54. The molecule has 0 fully saturated rings. The van der Waals surface area contributed by atoms with Crippen LogP contribution in [0.25, 0.3) is 26.6 Å². The molecule has 218 valence electrons. The third-order valence-corrected chi connectivity index (χ3v) is 12.0. The van der Waals surface area contributed by atoms with E-state index in [1.165, 1.54) is 4.26 Å². The summed E-state index contributed by atoms with van der Waals surface area (Å²) < 4.78 is 66.3. The first-order valence-electron chi connectivity index (χ1n) is 13.3. The van der Waals surface area contributed by atoms with Gasteiger partial charge in [-0.2, -0.15) is 0 Å². The van der Waals surface area contributed by atoms with Gasteiger partial charge in [0.15, 0.2) is 0 Å². The molecule has 9 nitrogen and oxygen atoms in total. The van der Waals surface area contributed by atoms with Crippen LogP contribution in [-0.4, -0.2) is 60.5 Å². The number of benzene rings is 3. The van der Waals surface area contributed by atoms with Gasteiger partial charge < -0.3 is 0 Å². The zero-order chi connectivity index (χ0) is 29.2. The van der Waals surface area contributed by atoms with Crippen LogP contribution in [0.1, 0.15) is 29.9 Å². The van der Waals surface area contributed by atoms with Crippen LogP contribution in [0.3, 0.4) is 0 Å². The Bertz CT molecular complexity index is 1840. The maximum absolute atomic E-state index is 12.3. The van der Waals surface area contributed by atoms with Crippen molar-refractivity contribution in [3.63, 3.8) is 0 Å². The van der Waals surface area contributed by atoms with Crippen LogP contribution in [0.5, 0.6) is 0 Å². The van der Waals surface area contributed by atoms with Crippen LogP contribution < -0.4 is 14.9 Å². The zero-order valence-corrected chi connectivity index (χ0v) is 26.9. The van der Waals surface area contributed by atoms with E-state index >= 15 is 0 Å². The molecular formula is C28H32N3O6S3Se+. The minimum atomic E-state index is -4.08. The Labute approximate surface area is 250 Å². The summed E-state index contributed by atoms with van der Waals surface area (Å²) in [5.41, 5.74) is 5.66. The molecule has 0 saturated heterocycles. The Hall–Kier alpha value is -2.22. The van der Waals surface area contributed by atoms with Crippen molar-refractivity contribution >= 4 is 78.8 Å². The summed E-state index contributed by atoms with van der Waals surface area (Å²) in [6.07, 6.45) is 2.82. The number of hydrogen-bond acceptors (Lipinski definition) is 8. The van der Waals surface area contributed by atoms with Gasteiger partial charge in [0.2, 0.25) is 0 Å². The fraction of sp³-hybridized carbons (Fsp3) is 0.321. The molecular weight excluding hydrogens is 649 g/mol. The first kappa shape index (κ1) is 30.2. The van der Waals surface area contributed by atoms with Crippen LogP contribution >= 0.6 is 11.8 Å². The summed E-state index contributed by atoms with van der Waals surface area (Å²) in [7, 11) is -7.77. The van der Waals surface area contributed by atoms with Crippen LogP contribution in [0.4, 0.5) is 5.69 Å². The Morgan fingerprint density at radius 1 is 1.07 bits per heavy atom. The van der Waals surface area contributed by atoms with Crippen LogP contribution in [0.2, 0.25) is 0 Å². The number of aromatic nitrogens is 1. The quantitative estimate of drug-likeness (QED) is 0.0988. The fourth-order valence-corrected chi connectivity index (χ4v) is 9.88. The number of anilines is 1. The molecule has 2 heterocycles. The summed E-state index contributed by atoms with van der Waals surface area (Å²) in [6, 6.07) is 18.7. The van der Waals surface area contributed by atoms with Gasteiger partial charge in [0.25, 0.3) is 0 Å². The number of thioether (sulfide) groups is 1. The average Bonchev–Trinajstić information content (AvgIpc) is 3.44. The average molecular weight is 682 g/mol. The van der Waals surface area contributed by atoms with Gasteiger partial charge in [0.1, 0.15) is 0 Å². The number of rotatable bonds is 12. The number of nitrogens with one attached hydrogen (secondary N) is 1. The molecule has 0 amide bonds. The van der Waals surface area contributed by atoms with Crippen molar-refractivity contribution in [2.45, 2.75) is 38.1 Å². The van der Waals surface area contributed by atoms with Crippen molar-refractivity contribution in [1.82, 2.24) is 5.48 Å². The molecule has 13 heteroatoms. The molecule has 0 unspecified atom stereocenters. The van der Waals surface area contributed by atoms with E-state index in [4.69, 9.17) is 4.28 Å². The van der Waals surface area contributed by atoms with E-state index in [0.717, 1.165) is 42.0 Å². The number of hydrogen-bond donors (Lipinski definition) is 2. The van der Waals surface area contributed by atoms with Crippen molar-refractivity contribution in [3.05, 3.63) is 69.8 Å². The monoisotopic (exact) mass is 682 g/mol. The molecule has 4 aromatic rings. The molecule has 2 N–H and O–H groups in total. The van der Waals surface area contributed by atoms with Gasteiger partial charge in [-0.15, -0.1) is 0 Å². The normalized spacial score (nSPS) is 14.9. The molecule has 41 heavy (non-hydrogen) atoms. The fourth-order valence-electron chi connectivity index (χ4n) is 4.85. The predicted molar refractivity (Wildman–Crippen MR) is 165 cm³/mol. The zero-order valence-electron chi connectivity index (χ0n) is 22.7. The van der Waals surface area contributed by atoms with E-state index in [-0.39, 0.29) is 32.4 Å². The number of fused-ring (bicyclic) bond motifs is 4. The number of nitrogens with zero attached hydrogens (tertiary/aromatic N) is 2. The Kier molecular flexibility index (Phi) is 9.27. The van der Waals surface area contributed by atoms with Crippen LogP contribution in [0.15, 0.2) is 64.5 Å². The first-order valence-corrected chi connectivity index (χ1v) is 19.0. The third-order valence-electron chi connectivity index (χ3n) is 6.64. The molecule has 0 saturated carbocycles. The summed E-state index contributed by atoms with van der Waals surface area (Å²) in [5, 5.41) is 3.20. The molecule has 0 radical (unpaired) electrons. The van der Waals surface area contributed by atoms with Gasteiger partial charge in [-0.25, -0.2) is 0 Å². The van der Waals surface area contributed by atoms with E-state index in [1.54, 1.807) is 18.7 Å². The van der Waals surface area contributed by atoms with E-state index in [1.807, 2.05) is 19.1 Å². The number of hydroxylamine groups is 1. The second-order valence-electron chi connectivity index (χ2n) is 9.77. The molecule has 1 aliphatic heterocycles. The van der Waals surface area contributed by atoms with Gasteiger partial charge in [-0.3, -0.25) is 0 Å². The predicted octanol–water partition coefficient (Wildman–Crippen LogP) is 4.10. The third kappa shape index (κ3) is 7.23. The maximum atomic E-state index is 12.3. The van der Waals surface area contributed by atoms with Gasteiger partial charge >= 0.3 is 252 Å². The van der Waals surface area contributed by atoms with E-state index in [9.17, 15) is 21.4 Å². The molecule has 3 aromatic carbocycles. The van der Waals surface area contributed by atoms with Gasteiger partial charge in [-0.1, -0.05) is 0 Å². The second-order valence-corrected chi connectivity index (χ2v) is 16.3. The second kappa shape index (κ2) is 12.6. The van der Waals surface area contributed by atoms with E-state index in [2.05, 4.69) is 63.5 Å². The molecule has 0 bridgehead atoms. The first-order chi connectivity index (χ1) is 19.5. The molecule has 1 aromatic heterocycles. The SMILES string of the molecule is CCNOS(=O)(=O)CCCN1C(=Cc2[se]c3ccc4ccccc4c3[n+]2CCCS(=O)(=O)O)Sc2ccc(C)cc21. The van der Waals surface area contributed by atoms with Crippen LogP contribution in [-0.2, 0) is 31.1 Å². The summed E-state index contributed by atoms with van der Waals surface area (Å²) >= 11 is 1.61. The molecule has 0 spiro atoms. The van der Waals surface area contributed by atoms with Crippen LogP contribution in [0, 0.1) is 6.92 Å². The summed E-state index contributed by atoms with van der Waals surface area (Å²) in [5.74, 6) is -0.426. The summed E-state index contributed by atoms with van der Waals surface area (Å²) in [6.45, 7) is 5.12. The standard InChI is InChI=1S/C28H31N3O6S3Se/c1-3-29-37-40(35,36)17-7-14-30-23-18-20(2)10-12-24(23)38-26(30)19-27-31(15-6-16-39(32,33)34)28-22-9-5-4-8-21(22)11-13-25(28)41-27/h4-5,8-13,18-19,29H,3,6-7,14-17H2,1-2H3/p+1. The molecule has 0 aliphatic carbocycles. The van der Waals surface area contributed by atoms with Gasteiger partial charge in [-0.05, 0) is 0 Å². The Morgan fingerprint density at radius 2 is 1.88 bits per heavy atom. The molecule has 1 aliphatic rings. The van der Waals surface area contributed by atoms with E-state index < -0.39 is 20.2 Å². The Morgan fingerprint density at radius 3 is 2.66 bits per heavy atom. The summed E-state index contributed by atoms with van der Waals surface area (Å²) in [4.78, 5) is 3.26. The topological polar surface area (TPSA) is 117 Å². The van der Waals surface area contributed by atoms with Crippen molar-refractivity contribution < 1.29 is 30.2 Å². The van der Waals surface area contributed by atoms with Crippen molar-refractivity contribution in [3.8, 4) is 0 Å². The van der Waals surface area contributed by atoms with Crippen molar-refractivity contribution in [2.75, 3.05) is 29.5 Å². The van der Waals surface area contributed by atoms with Gasteiger partial charge in [0.05, 0.1) is 0 Å². The van der Waals surface area contributed by atoms with Gasteiger partial charge in [0, 0.05) is 0 Å². The molecule has 0 atom stereocenters. The van der Waals surface area contributed by atoms with Crippen molar-refractivity contribution in [1.29, 1.82) is 0 Å². The minimum absolute atomic E-state index is 0.0373. The van der Waals surface area contributed by atoms with E-state index in [0.29, 0.717) is 26.1 Å².